The minimum Gasteiger partial charge on any atom is -0.457 e. The molecule has 0 unspecified atom stereocenters. The zero-order valence-electron chi connectivity index (χ0n) is 21.1. The van der Waals surface area contributed by atoms with E-state index in [0.717, 1.165) is 16.9 Å². The van der Waals surface area contributed by atoms with Gasteiger partial charge in [0.1, 0.15) is 11.5 Å². The van der Waals surface area contributed by atoms with Crippen LogP contribution in [0.3, 0.4) is 0 Å². The van der Waals surface area contributed by atoms with Gasteiger partial charge in [-0.15, -0.1) is 0 Å². The van der Waals surface area contributed by atoms with Crippen LogP contribution in [0.25, 0.3) is 22.2 Å². The van der Waals surface area contributed by atoms with E-state index in [9.17, 15) is 9.59 Å². The number of nitrogens with zero attached hydrogens (tertiary/aromatic N) is 1. The molecule has 5 aromatic rings. The molecule has 0 spiro atoms. The average molecular weight is 503 g/mol. The van der Waals surface area contributed by atoms with Crippen LogP contribution in [0.5, 0.6) is 11.5 Å². The highest BCUT2D eigenvalue weighted by molar-refractivity contribution is 6.07. The van der Waals surface area contributed by atoms with Gasteiger partial charge in [-0.05, 0) is 61.9 Å². The standard InChI is InChI=1S/C32H26N2O4/c1-21-12-14-23(15-13-21)31-22(2)30(27-10-6-7-11-28(27)34-31)32(36)37-20-29(35)33-24-16-18-26(19-17-24)38-25-8-4-3-5-9-25/h3-19H,20H2,1-2H3,(H,33,35). The normalized spacial score (nSPS) is 10.7. The first-order valence-corrected chi connectivity index (χ1v) is 12.2. The van der Waals surface area contributed by atoms with Crippen LogP contribution in [-0.2, 0) is 9.53 Å². The van der Waals surface area contributed by atoms with E-state index in [1.807, 2.05) is 92.7 Å². The second-order valence-electron chi connectivity index (χ2n) is 8.91. The van der Waals surface area contributed by atoms with E-state index in [0.29, 0.717) is 39.2 Å². The minimum atomic E-state index is -0.573. The van der Waals surface area contributed by atoms with Crippen LogP contribution < -0.4 is 10.1 Å². The Labute approximate surface area is 220 Å². The van der Waals surface area contributed by atoms with Crippen LogP contribution in [0.2, 0.25) is 0 Å². The number of aromatic nitrogens is 1. The Balaban J connectivity index is 1.29. The smallest absolute Gasteiger partial charge is 0.339 e. The van der Waals surface area contributed by atoms with Crippen LogP contribution in [0.15, 0.2) is 103 Å². The summed E-state index contributed by atoms with van der Waals surface area (Å²) in [6.07, 6.45) is 0. The Morgan fingerprint density at radius 1 is 0.763 bits per heavy atom. The molecule has 38 heavy (non-hydrogen) atoms. The van der Waals surface area contributed by atoms with Gasteiger partial charge in [0.2, 0.25) is 0 Å². The summed E-state index contributed by atoms with van der Waals surface area (Å²) in [4.78, 5) is 30.6. The van der Waals surface area contributed by atoms with Crippen LogP contribution in [0.4, 0.5) is 5.69 Å². The number of fused-ring (bicyclic) bond motifs is 1. The average Bonchev–Trinajstić information content (AvgIpc) is 2.93. The number of hydrogen-bond acceptors (Lipinski definition) is 5. The largest absolute Gasteiger partial charge is 0.457 e. The number of aryl methyl sites for hydroxylation is 1. The molecule has 0 bridgehead atoms. The molecule has 0 aliphatic rings. The number of anilines is 1. The lowest BCUT2D eigenvalue weighted by atomic mass is 9.97. The number of para-hydroxylation sites is 2. The minimum absolute atomic E-state index is 0.404. The van der Waals surface area contributed by atoms with Gasteiger partial charge in [-0.3, -0.25) is 4.79 Å². The Bertz CT molecular complexity index is 1600. The molecule has 0 saturated carbocycles. The number of carbonyl (C=O) groups excluding carboxylic acids is 2. The number of ether oxygens (including phenoxy) is 2. The Morgan fingerprint density at radius 2 is 1.42 bits per heavy atom. The van der Waals surface area contributed by atoms with Crippen molar-refractivity contribution in [2.75, 3.05) is 11.9 Å². The third-order valence-corrected chi connectivity index (χ3v) is 6.12. The number of hydrogen-bond donors (Lipinski definition) is 1. The van der Waals surface area contributed by atoms with Crippen LogP contribution in [-0.4, -0.2) is 23.5 Å². The molecule has 4 aromatic carbocycles. The van der Waals surface area contributed by atoms with Gasteiger partial charge < -0.3 is 14.8 Å². The molecule has 6 nitrogen and oxygen atoms in total. The molecule has 0 radical (unpaired) electrons. The molecular formula is C32H26N2O4. The van der Waals surface area contributed by atoms with Gasteiger partial charge >= 0.3 is 5.97 Å². The van der Waals surface area contributed by atoms with E-state index >= 15 is 0 Å². The van der Waals surface area contributed by atoms with Gasteiger partial charge in [0.15, 0.2) is 6.61 Å². The third-order valence-electron chi connectivity index (χ3n) is 6.12. The van der Waals surface area contributed by atoms with Crippen molar-refractivity contribution in [3.8, 4) is 22.8 Å². The van der Waals surface area contributed by atoms with E-state index in [1.165, 1.54) is 0 Å². The highest BCUT2D eigenvalue weighted by Crippen LogP contribution is 2.30. The summed E-state index contributed by atoms with van der Waals surface area (Å²) in [6.45, 7) is 3.45. The first-order valence-electron chi connectivity index (χ1n) is 12.2. The monoisotopic (exact) mass is 502 g/mol. The fourth-order valence-corrected chi connectivity index (χ4v) is 4.19. The van der Waals surface area contributed by atoms with E-state index < -0.39 is 18.5 Å². The Hall–Kier alpha value is -4.97. The first-order chi connectivity index (χ1) is 18.5. The molecule has 0 fully saturated rings. The second-order valence-corrected chi connectivity index (χ2v) is 8.91. The molecular weight excluding hydrogens is 476 g/mol. The third kappa shape index (κ3) is 5.55. The summed E-state index contributed by atoms with van der Waals surface area (Å²) in [7, 11) is 0. The summed E-state index contributed by atoms with van der Waals surface area (Å²) >= 11 is 0. The maximum Gasteiger partial charge on any atom is 0.339 e. The topological polar surface area (TPSA) is 77.5 Å². The molecule has 1 amide bonds. The summed E-state index contributed by atoms with van der Waals surface area (Å²) in [6, 6.07) is 31.8. The van der Waals surface area contributed by atoms with E-state index in [1.54, 1.807) is 24.3 Å². The van der Waals surface area contributed by atoms with Crippen molar-refractivity contribution in [3.63, 3.8) is 0 Å². The molecule has 1 heterocycles. The van der Waals surface area contributed by atoms with E-state index in [4.69, 9.17) is 14.5 Å². The Kier molecular flexibility index (Phi) is 7.13. The maximum absolute atomic E-state index is 13.2. The lowest BCUT2D eigenvalue weighted by Crippen LogP contribution is -2.21. The van der Waals surface area contributed by atoms with Crippen molar-refractivity contribution < 1.29 is 19.1 Å². The van der Waals surface area contributed by atoms with Crippen molar-refractivity contribution in [1.29, 1.82) is 0 Å². The summed E-state index contributed by atoms with van der Waals surface area (Å²) in [5.41, 5.74) is 5.11. The fraction of sp³-hybridized carbons (Fsp3) is 0.0938. The predicted octanol–water partition coefficient (Wildman–Crippen LogP) is 7.11. The summed E-state index contributed by atoms with van der Waals surface area (Å²) < 4.78 is 11.2. The van der Waals surface area contributed by atoms with Gasteiger partial charge in [0, 0.05) is 16.6 Å². The molecule has 5 rings (SSSR count). The highest BCUT2D eigenvalue weighted by Gasteiger charge is 2.21. The van der Waals surface area contributed by atoms with Crippen molar-refractivity contribution in [1.82, 2.24) is 4.98 Å². The maximum atomic E-state index is 13.2. The van der Waals surface area contributed by atoms with Gasteiger partial charge in [-0.25, -0.2) is 9.78 Å². The number of nitrogens with one attached hydrogen (secondary N) is 1. The lowest BCUT2D eigenvalue weighted by Gasteiger charge is -2.14. The van der Waals surface area contributed by atoms with Crippen molar-refractivity contribution in [3.05, 3.63) is 120 Å². The molecule has 188 valence electrons. The highest BCUT2D eigenvalue weighted by atomic mass is 16.5. The SMILES string of the molecule is Cc1ccc(-c2nc3ccccc3c(C(=O)OCC(=O)Nc3ccc(Oc4ccccc4)cc3)c2C)cc1. The molecule has 1 aromatic heterocycles. The van der Waals surface area contributed by atoms with Crippen molar-refractivity contribution in [2.24, 2.45) is 0 Å². The summed E-state index contributed by atoms with van der Waals surface area (Å²) in [5, 5.41) is 3.43. The van der Waals surface area contributed by atoms with Crippen LogP contribution in [0.1, 0.15) is 21.5 Å². The number of benzene rings is 4. The fourth-order valence-electron chi connectivity index (χ4n) is 4.19. The van der Waals surface area contributed by atoms with Gasteiger partial charge in [-0.2, -0.15) is 0 Å². The quantitative estimate of drug-likeness (QED) is 0.240. The predicted molar refractivity (Wildman–Crippen MR) is 149 cm³/mol. The van der Waals surface area contributed by atoms with Crippen molar-refractivity contribution >= 4 is 28.5 Å². The second kappa shape index (κ2) is 11.0. The van der Waals surface area contributed by atoms with E-state index in [2.05, 4.69) is 5.32 Å². The van der Waals surface area contributed by atoms with E-state index in [-0.39, 0.29) is 0 Å². The lowest BCUT2D eigenvalue weighted by molar-refractivity contribution is -0.119. The number of amides is 1. The molecule has 1 N–H and O–H groups in total. The van der Waals surface area contributed by atoms with Gasteiger partial charge in [0.05, 0.1) is 16.8 Å². The number of rotatable bonds is 7. The zero-order chi connectivity index (χ0) is 26.5. The van der Waals surface area contributed by atoms with Crippen LogP contribution >= 0.6 is 0 Å². The van der Waals surface area contributed by atoms with Crippen molar-refractivity contribution in [2.45, 2.75) is 13.8 Å². The van der Waals surface area contributed by atoms with Gasteiger partial charge in [0.25, 0.3) is 5.91 Å². The molecule has 0 aliphatic carbocycles. The molecule has 6 heteroatoms. The summed E-state index contributed by atoms with van der Waals surface area (Å²) in [5.74, 6) is 0.354. The Morgan fingerprint density at radius 3 is 2.16 bits per heavy atom. The number of pyridine rings is 1. The van der Waals surface area contributed by atoms with Crippen LogP contribution in [0, 0.1) is 13.8 Å². The number of carbonyl (C=O) groups is 2. The number of esters is 1. The molecule has 0 saturated heterocycles. The first kappa shape index (κ1) is 24.7. The van der Waals surface area contributed by atoms with Gasteiger partial charge in [-0.1, -0.05) is 66.2 Å². The molecule has 0 atom stereocenters. The molecule has 0 aliphatic heterocycles. The zero-order valence-corrected chi connectivity index (χ0v) is 21.1.